The van der Waals surface area contributed by atoms with E-state index in [2.05, 4.69) is 0 Å². The van der Waals surface area contributed by atoms with Crippen LogP contribution in [0.4, 0.5) is 0 Å². The third-order valence-corrected chi connectivity index (χ3v) is 2.65. The van der Waals surface area contributed by atoms with Crippen molar-refractivity contribution >= 4 is 15.6 Å². The number of hydrogen-bond donors (Lipinski definition) is 0. The molecule has 0 aromatic heterocycles. The molecule has 0 spiro atoms. The second-order valence-electron chi connectivity index (χ2n) is 3.32. The number of benzene rings is 1. The van der Waals surface area contributed by atoms with Gasteiger partial charge in [0.1, 0.15) is 0 Å². The summed E-state index contributed by atoms with van der Waals surface area (Å²) in [4.78, 5) is 10.9. The van der Waals surface area contributed by atoms with Crippen molar-refractivity contribution in [3.8, 4) is 0 Å². The first kappa shape index (κ1) is 10.9. The summed E-state index contributed by atoms with van der Waals surface area (Å²) < 4.78 is 21.9. The minimum Gasteiger partial charge on any atom is -0.295 e. The molecule has 0 aliphatic rings. The van der Waals surface area contributed by atoms with Crippen LogP contribution >= 0.6 is 0 Å². The van der Waals surface area contributed by atoms with Gasteiger partial charge in [-0.1, -0.05) is 24.3 Å². The van der Waals surface area contributed by atoms with Gasteiger partial charge in [-0.05, 0) is 12.5 Å². The van der Waals surface area contributed by atoms with Gasteiger partial charge in [0.15, 0.2) is 15.6 Å². The minimum absolute atomic E-state index is 0.0177. The SMILES string of the molecule is CC(=O)c1ccc(CS(C)(=O)=O)cc1. The Balaban J connectivity index is 2.90. The lowest BCUT2D eigenvalue weighted by Crippen LogP contribution is -2.01. The van der Waals surface area contributed by atoms with E-state index in [0.29, 0.717) is 11.1 Å². The van der Waals surface area contributed by atoms with Crippen molar-refractivity contribution < 1.29 is 13.2 Å². The molecule has 3 nitrogen and oxygen atoms in total. The highest BCUT2D eigenvalue weighted by Gasteiger charge is 2.04. The number of sulfone groups is 1. The van der Waals surface area contributed by atoms with Gasteiger partial charge < -0.3 is 0 Å². The normalized spacial score (nSPS) is 11.3. The van der Waals surface area contributed by atoms with Crippen LogP contribution in [0.15, 0.2) is 24.3 Å². The van der Waals surface area contributed by atoms with Crippen molar-refractivity contribution in [3.63, 3.8) is 0 Å². The molecule has 4 heteroatoms. The zero-order valence-corrected chi connectivity index (χ0v) is 8.97. The first-order chi connectivity index (χ1) is 6.38. The highest BCUT2D eigenvalue weighted by molar-refractivity contribution is 7.89. The molecule has 1 aromatic rings. The number of rotatable bonds is 3. The first-order valence-electron chi connectivity index (χ1n) is 4.16. The molecule has 0 aliphatic heterocycles. The molecule has 0 amide bonds. The Morgan fingerprint density at radius 3 is 2.07 bits per heavy atom. The summed E-state index contributed by atoms with van der Waals surface area (Å²) in [5, 5.41) is 0. The summed E-state index contributed by atoms with van der Waals surface area (Å²) in [6.45, 7) is 1.48. The van der Waals surface area contributed by atoms with Crippen LogP contribution in [0.2, 0.25) is 0 Å². The van der Waals surface area contributed by atoms with Crippen molar-refractivity contribution in [2.24, 2.45) is 0 Å². The average molecular weight is 212 g/mol. The molecule has 0 saturated carbocycles. The maximum absolute atomic E-state index is 11.0. The van der Waals surface area contributed by atoms with E-state index >= 15 is 0 Å². The monoisotopic (exact) mass is 212 g/mol. The predicted octanol–water partition coefficient (Wildman–Crippen LogP) is 1.43. The molecule has 0 aliphatic carbocycles. The Hall–Kier alpha value is -1.16. The standard InChI is InChI=1S/C10H12O3S/c1-8(11)10-5-3-9(4-6-10)7-14(2,12)13/h3-6H,7H2,1-2H3. The van der Waals surface area contributed by atoms with Gasteiger partial charge >= 0.3 is 0 Å². The Labute approximate surface area is 83.7 Å². The molecular weight excluding hydrogens is 200 g/mol. The summed E-state index contributed by atoms with van der Waals surface area (Å²) in [7, 11) is -3.00. The summed E-state index contributed by atoms with van der Waals surface area (Å²) >= 11 is 0. The predicted molar refractivity (Wildman–Crippen MR) is 55.0 cm³/mol. The molecule has 0 bridgehead atoms. The van der Waals surface area contributed by atoms with E-state index in [1.807, 2.05) is 0 Å². The maximum atomic E-state index is 11.0. The Morgan fingerprint density at radius 1 is 1.21 bits per heavy atom. The lowest BCUT2D eigenvalue weighted by molar-refractivity contribution is 0.101. The van der Waals surface area contributed by atoms with E-state index in [9.17, 15) is 13.2 Å². The van der Waals surface area contributed by atoms with Gasteiger partial charge in [-0.15, -0.1) is 0 Å². The van der Waals surface area contributed by atoms with Crippen LogP contribution in [0.1, 0.15) is 22.8 Å². The Kier molecular flexibility index (Phi) is 3.06. The molecule has 0 unspecified atom stereocenters. The smallest absolute Gasteiger partial charge is 0.159 e. The summed E-state index contributed by atoms with van der Waals surface area (Å²) in [5.74, 6) is 0.00135. The van der Waals surface area contributed by atoms with Crippen LogP contribution in [0.5, 0.6) is 0 Å². The largest absolute Gasteiger partial charge is 0.295 e. The fourth-order valence-corrected chi connectivity index (χ4v) is 1.94. The second kappa shape index (κ2) is 3.92. The van der Waals surface area contributed by atoms with E-state index in [1.54, 1.807) is 24.3 Å². The first-order valence-corrected chi connectivity index (χ1v) is 6.22. The third kappa shape index (κ3) is 3.30. The second-order valence-corrected chi connectivity index (χ2v) is 5.46. The van der Waals surface area contributed by atoms with Crippen LogP contribution in [0, 0.1) is 0 Å². The molecule has 0 N–H and O–H groups in total. The van der Waals surface area contributed by atoms with Crippen LogP contribution in [0.3, 0.4) is 0 Å². The summed E-state index contributed by atoms with van der Waals surface area (Å²) in [6, 6.07) is 6.61. The minimum atomic E-state index is -3.00. The van der Waals surface area contributed by atoms with Gasteiger partial charge in [0, 0.05) is 11.8 Å². The Morgan fingerprint density at radius 2 is 1.71 bits per heavy atom. The zero-order valence-electron chi connectivity index (χ0n) is 8.15. The van der Waals surface area contributed by atoms with Crippen LogP contribution in [0.25, 0.3) is 0 Å². The van der Waals surface area contributed by atoms with Crippen LogP contribution in [-0.4, -0.2) is 20.5 Å². The molecular formula is C10H12O3S. The summed E-state index contributed by atoms with van der Waals surface area (Å²) in [6.07, 6.45) is 1.19. The van der Waals surface area contributed by atoms with Crippen LogP contribution in [-0.2, 0) is 15.6 Å². The number of carbonyl (C=O) groups is 1. The number of Topliss-reactive ketones (excluding diaryl/α,β-unsaturated/α-hetero) is 1. The molecule has 0 heterocycles. The van der Waals surface area contributed by atoms with Gasteiger partial charge in [0.2, 0.25) is 0 Å². The van der Waals surface area contributed by atoms with E-state index in [-0.39, 0.29) is 11.5 Å². The highest BCUT2D eigenvalue weighted by Crippen LogP contribution is 2.08. The van der Waals surface area contributed by atoms with Crippen molar-refractivity contribution in [1.82, 2.24) is 0 Å². The number of ketones is 1. The molecule has 0 atom stereocenters. The van der Waals surface area contributed by atoms with Crippen molar-refractivity contribution in [3.05, 3.63) is 35.4 Å². The zero-order chi connectivity index (χ0) is 10.8. The highest BCUT2D eigenvalue weighted by atomic mass is 32.2. The molecule has 0 fully saturated rings. The molecule has 1 rings (SSSR count). The quantitative estimate of drug-likeness (QED) is 0.712. The molecule has 0 saturated heterocycles. The van der Waals surface area contributed by atoms with Crippen LogP contribution < -0.4 is 0 Å². The number of carbonyl (C=O) groups excluding carboxylic acids is 1. The maximum Gasteiger partial charge on any atom is 0.159 e. The van der Waals surface area contributed by atoms with Gasteiger partial charge in [-0.25, -0.2) is 8.42 Å². The molecule has 14 heavy (non-hydrogen) atoms. The van der Waals surface area contributed by atoms with E-state index in [4.69, 9.17) is 0 Å². The van der Waals surface area contributed by atoms with E-state index in [0.717, 1.165) is 0 Å². The van der Waals surface area contributed by atoms with Gasteiger partial charge in [-0.2, -0.15) is 0 Å². The number of hydrogen-bond acceptors (Lipinski definition) is 3. The fraction of sp³-hybridized carbons (Fsp3) is 0.300. The van der Waals surface area contributed by atoms with Gasteiger partial charge in [0.25, 0.3) is 0 Å². The van der Waals surface area contributed by atoms with E-state index < -0.39 is 9.84 Å². The molecule has 76 valence electrons. The van der Waals surface area contributed by atoms with Crippen molar-refractivity contribution in [2.45, 2.75) is 12.7 Å². The van der Waals surface area contributed by atoms with E-state index in [1.165, 1.54) is 13.2 Å². The third-order valence-electron chi connectivity index (χ3n) is 1.79. The lowest BCUT2D eigenvalue weighted by atomic mass is 10.1. The van der Waals surface area contributed by atoms with Crippen molar-refractivity contribution in [1.29, 1.82) is 0 Å². The summed E-state index contributed by atoms with van der Waals surface area (Å²) in [5.41, 5.74) is 1.31. The van der Waals surface area contributed by atoms with Gasteiger partial charge in [0.05, 0.1) is 5.75 Å². The molecule has 0 radical (unpaired) electrons. The molecule has 1 aromatic carbocycles. The Bertz CT molecular complexity index is 429. The average Bonchev–Trinajstić information content (AvgIpc) is 2.02. The van der Waals surface area contributed by atoms with Crippen molar-refractivity contribution in [2.75, 3.05) is 6.26 Å². The fourth-order valence-electron chi connectivity index (χ4n) is 1.14. The topological polar surface area (TPSA) is 51.2 Å². The lowest BCUT2D eigenvalue weighted by Gasteiger charge is -2.00. The van der Waals surface area contributed by atoms with Gasteiger partial charge in [-0.3, -0.25) is 4.79 Å².